The predicted molar refractivity (Wildman–Crippen MR) is 149 cm³/mol. The van der Waals surface area contributed by atoms with Gasteiger partial charge in [0.2, 0.25) is 0 Å². The van der Waals surface area contributed by atoms with Crippen molar-refractivity contribution in [2.75, 3.05) is 4.90 Å². The largest absolute Gasteiger partial charge is 0.308 e. The lowest BCUT2D eigenvalue weighted by Gasteiger charge is -2.18. The number of rotatable bonds is 3. The van der Waals surface area contributed by atoms with E-state index >= 15 is 0 Å². The van der Waals surface area contributed by atoms with Crippen molar-refractivity contribution in [2.45, 2.75) is 0 Å². The van der Waals surface area contributed by atoms with Gasteiger partial charge in [-0.15, -0.1) is 0 Å². The molecule has 1 aliphatic heterocycles. The quantitative estimate of drug-likeness (QED) is 0.249. The molecule has 178 valence electrons. The van der Waals surface area contributed by atoms with Crippen LogP contribution < -0.4 is 4.90 Å². The maximum Gasteiger partial charge on any atom is 0.268 e. The standard InChI is InChI=1S/C33H19N3O2/c34-20-21-17-18-29-26(19-21)24-12-5-7-15-28(24)35(29)30-16-8-13-25-31(30)33(38)36(32(25)37)27-14-6-4-11-23(27)22-9-2-1-3-10-22/h1-19H. The molecule has 7 rings (SSSR count). The topological polar surface area (TPSA) is 66.1 Å². The molecule has 5 nitrogen and oxygen atoms in total. The van der Waals surface area contributed by atoms with Crippen LogP contribution in [0.1, 0.15) is 26.3 Å². The fourth-order valence-corrected chi connectivity index (χ4v) is 5.51. The molecule has 0 atom stereocenters. The Hall–Kier alpha value is -5.47. The number of nitriles is 1. The first-order chi connectivity index (χ1) is 18.7. The van der Waals surface area contributed by atoms with E-state index in [0.29, 0.717) is 28.1 Å². The molecule has 0 fully saturated rings. The van der Waals surface area contributed by atoms with E-state index in [2.05, 4.69) is 6.07 Å². The minimum absolute atomic E-state index is 0.345. The van der Waals surface area contributed by atoms with E-state index < -0.39 is 0 Å². The predicted octanol–water partition coefficient (Wildman–Crippen LogP) is 7.12. The molecule has 0 saturated carbocycles. The number of carbonyl (C=O) groups excluding carboxylic acids is 2. The lowest BCUT2D eigenvalue weighted by atomic mass is 10.0. The van der Waals surface area contributed by atoms with Crippen molar-refractivity contribution in [3.05, 3.63) is 132 Å². The maximum atomic E-state index is 14.1. The second kappa shape index (κ2) is 8.29. The van der Waals surface area contributed by atoms with Gasteiger partial charge in [0.15, 0.2) is 0 Å². The molecule has 5 heteroatoms. The van der Waals surface area contributed by atoms with Gasteiger partial charge in [0.1, 0.15) is 0 Å². The van der Waals surface area contributed by atoms with Crippen LogP contribution in [0.25, 0.3) is 38.6 Å². The summed E-state index contributed by atoms with van der Waals surface area (Å²) in [5, 5.41) is 11.4. The van der Waals surface area contributed by atoms with Gasteiger partial charge in [-0.3, -0.25) is 9.59 Å². The molecule has 1 aromatic heterocycles. The van der Waals surface area contributed by atoms with Gasteiger partial charge in [0.25, 0.3) is 11.8 Å². The number of imide groups is 1. The molecule has 0 N–H and O–H groups in total. The van der Waals surface area contributed by atoms with Gasteiger partial charge >= 0.3 is 0 Å². The first-order valence-electron chi connectivity index (χ1n) is 12.3. The van der Waals surface area contributed by atoms with Crippen molar-refractivity contribution in [3.8, 4) is 22.9 Å². The van der Waals surface area contributed by atoms with E-state index in [4.69, 9.17) is 0 Å². The molecule has 0 bridgehead atoms. The fraction of sp³-hybridized carbons (Fsp3) is 0. The van der Waals surface area contributed by atoms with Gasteiger partial charge in [0.05, 0.1) is 45.2 Å². The monoisotopic (exact) mass is 489 g/mol. The molecule has 0 spiro atoms. The number of para-hydroxylation sites is 2. The van der Waals surface area contributed by atoms with Crippen molar-refractivity contribution in [1.82, 2.24) is 4.57 Å². The summed E-state index contributed by atoms with van der Waals surface area (Å²) in [5.41, 5.74) is 5.99. The average Bonchev–Trinajstić information content (AvgIpc) is 3.44. The van der Waals surface area contributed by atoms with Gasteiger partial charge in [-0.1, -0.05) is 72.8 Å². The van der Waals surface area contributed by atoms with E-state index in [1.54, 1.807) is 12.1 Å². The number of hydrogen-bond donors (Lipinski definition) is 0. The molecule has 1 aliphatic rings. The van der Waals surface area contributed by atoms with E-state index in [9.17, 15) is 14.9 Å². The van der Waals surface area contributed by atoms with Crippen LogP contribution in [0.5, 0.6) is 0 Å². The number of carbonyl (C=O) groups is 2. The zero-order valence-corrected chi connectivity index (χ0v) is 20.1. The van der Waals surface area contributed by atoms with Crippen LogP contribution in [0.15, 0.2) is 115 Å². The molecular formula is C33H19N3O2. The molecule has 0 saturated heterocycles. The van der Waals surface area contributed by atoms with Crippen LogP contribution in [-0.2, 0) is 0 Å². The van der Waals surface area contributed by atoms with Crippen LogP contribution in [0.4, 0.5) is 5.69 Å². The van der Waals surface area contributed by atoms with E-state index in [0.717, 1.165) is 32.9 Å². The molecule has 0 radical (unpaired) electrons. The number of amides is 2. The Kier molecular flexibility index (Phi) is 4.75. The minimum Gasteiger partial charge on any atom is -0.308 e. The number of hydrogen-bond acceptors (Lipinski definition) is 3. The van der Waals surface area contributed by atoms with Crippen molar-refractivity contribution in [1.29, 1.82) is 5.26 Å². The van der Waals surface area contributed by atoms with Crippen LogP contribution in [0.3, 0.4) is 0 Å². The minimum atomic E-state index is -0.358. The normalized spacial score (nSPS) is 12.8. The highest BCUT2D eigenvalue weighted by molar-refractivity contribution is 6.36. The Bertz CT molecular complexity index is 1980. The number of nitrogens with zero attached hydrogens (tertiary/aromatic N) is 3. The molecule has 5 aromatic carbocycles. The lowest BCUT2D eigenvalue weighted by molar-refractivity contribution is 0.0926. The van der Waals surface area contributed by atoms with Crippen LogP contribution in [0.2, 0.25) is 0 Å². The molecular weight excluding hydrogens is 470 g/mol. The Labute approximate surface area is 218 Å². The second-order valence-corrected chi connectivity index (χ2v) is 9.22. The number of aromatic nitrogens is 1. The molecule has 0 unspecified atom stereocenters. The molecule has 2 amide bonds. The molecule has 2 heterocycles. The summed E-state index contributed by atoms with van der Waals surface area (Å²) in [6.07, 6.45) is 0. The Morgan fingerprint density at radius 1 is 0.579 bits per heavy atom. The SMILES string of the molecule is N#Cc1ccc2c(c1)c1ccccc1n2-c1cccc2c1C(=O)N(c1ccccc1-c1ccccc1)C2=O. The van der Waals surface area contributed by atoms with Gasteiger partial charge in [-0.2, -0.15) is 5.26 Å². The summed E-state index contributed by atoms with van der Waals surface area (Å²) in [7, 11) is 0. The van der Waals surface area contributed by atoms with Crippen molar-refractivity contribution in [3.63, 3.8) is 0 Å². The first-order valence-corrected chi connectivity index (χ1v) is 12.3. The fourth-order valence-electron chi connectivity index (χ4n) is 5.51. The Morgan fingerprint density at radius 3 is 2.11 bits per heavy atom. The van der Waals surface area contributed by atoms with Crippen molar-refractivity contribution < 1.29 is 9.59 Å². The van der Waals surface area contributed by atoms with Gasteiger partial charge in [-0.05, 0) is 48.0 Å². The third-order valence-electron chi connectivity index (χ3n) is 7.17. The zero-order valence-electron chi connectivity index (χ0n) is 20.1. The summed E-state index contributed by atoms with van der Waals surface area (Å²) in [6, 6.07) is 38.3. The highest BCUT2D eigenvalue weighted by atomic mass is 16.2. The zero-order chi connectivity index (χ0) is 25.8. The van der Waals surface area contributed by atoms with Gasteiger partial charge in [0, 0.05) is 16.3 Å². The Balaban J connectivity index is 1.46. The lowest BCUT2D eigenvalue weighted by Crippen LogP contribution is -2.30. The summed E-state index contributed by atoms with van der Waals surface area (Å²) in [4.78, 5) is 29.2. The maximum absolute atomic E-state index is 14.1. The number of anilines is 1. The van der Waals surface area contributed by atoms with Crippen LogP contribution in [0, 0.1) is 11.3 Å². The van der Waals surface area contributed by atoms with Crippen molar-refractivity contribution >= 4 is 39.3 Å². The number of fused-ring (bicyclic) bond motifs is 4. The second-order valence-electron chi connectivity index (χ2n) is 9.22. The molecule has 0 aliphatic carbocycles. The number of benzene rings is 5. The van der Waals surface area contributed by atoms with Crippen LogP contribution >= 0.6 is 0 Å². The summed E-state index contributed by atoms with van der Waals surface area (Å²) >= 11 is 0. The average molecular weight is 490 g/mol. The third kappa shape index (κ3) is 3.04. The summed E-state index contributed by atoms with van der Waals surface area (Å²) < 4.78 is 2.02. The summed E-state index contributed by atoms with van der Waals surface area (Å²) in [5.74, 6) is -0.702. The Morgan fingerprint density at radius 2 is 1.26 bits per heavy atom. The highest BCUT2D eigenvalue weighted by Gasteiger charge is 2.40. The van der Waals surface area contributed by atoms with E-state index in [1.807, 2.05) is 108 Å². The smallest absolute Gasteiger partial charge is 0.268 e. The van der Waals surface area contributed by atoms with Crippen LogP contribution in [-0.4, -0.2) is 16.4 Å². The van der Waals surface area contributed by atoms with E-state index in [-0.39, 0.29) is 11.8 Å². The van der Waals surface area contributed by atoms with Crippen molar-refractivity contribution in [2.24, 2.45) is 0 Å². The molecule has 38 heavy (non-hydrogen) atoms. The van der Waals surface area contributed by atoms with E-state index in [1.165, 1.54) is 4.90 Å². The third-order valence-corrected chi connectivity index (χ3v) is 7.17. The first kappa shape index (κ1) is 21.8. The summed E-state index contributed by atoms with van der Waals surface area (Å²) in [6.45, 7) is 0. The van der Waals surface area contributed by atoms with Gasteiger partial charge in [-0.25, -0.2) is 4.90 Å². The molecule has 6 aromatic rings. The van der Waals surface area contributed by atoms with Gasteiger partial charge < -0.3 is 4.57 Å². The highest BCUT2D eigenvalue weighted by Crippen LogP contribution is 2.40.